The van der Waals surface area contributed by atoms with Gasteiger partial charge in [-0.3, -0.25) is 4.68 Å². The van der Waals surface area contributed by atoms with Gasteiger partial charge >= 0.3 is 0 Å². The molecule has 114 valence electrons. The normalized spacial score (nSPS) is 14.1. The van der Waals surface area contributed by atoms with E-state index in [-0.39, 0.29) is 6.04 Å². The van der Waals surface area contributed by atoms with Crippen LogP contribution in [0.25, 0.3) is 0 Å². The predicted molar refractivity (Wildman–Crippen MR) is 85.1 cm³/mol. The molecule has 4 heteroatoms. The molecule has 4 nitrogen and oxygen atoms in total. The molecule has 2 unspecified atom stereocenters. The standard InChI is InChI=1S/C17H25N3O/c1-3-14-11-15(4-2)20(19-14)12-17(21)16(18)10-13-8-6-5-7-9-13/h5-9,11,16-17,21H,3-4,10,12,18H2,1-2H3. The maximum Gasteiger partial charge on any atom is 0.0889 e. The van der Waals surface area contributed by atoms with E-state index in [0.717, 1.165) is 29.8 Å². The zero-order valence-corrected chi connectivity index (χ0v) is 12.9. The highest BCUT2D eigenvalue weighted by Crippen LogP contribution is 2.10. The lowest BCUT2D eigenvalue weighted by molar-refractivity contribution is 0.119. The maximum absolute atomic E-state index is 10.3. The topological polar surface area (TPSA) is 64.1 Å². The Morgan fingerprint density at radius 3 is 2.52 bits per heavy atom. The van der Waals surface area contributed by atoms with E-state index in [1.54, 1.807) is 0 Å². The summed E-state index contributed by atoms with van der Waals surface area (Å²) in [5, 5.41) is 14.9. The summed E-state index contributed by atoms with van der Waals surface area (Å²) in [6, 6.07) is 11.9. The van der Waals surface area contributed by atoms with E-state index >= 15 is 0 Å². The smallest absolute Gasteiger partial charge is 0.0889 e. The second-order valence-electron chi connectivity index (χ2n) is 5.44. The van der Waals surface area contributed by atoms with Gasteiger partial charge in [-0.2, -0.15) is 5.10 Å². The van der Waals surface area contributed by atoms with Crippen LogP contribution < -0.4 is 5.73 Å². The minimum Gasteiger partial charge on any atom is -0.390 e. The predicted octanol–water partition coefficient (Wildman–Crippen LogP) is 1.94. The molecule has 0 aliphatic heterocycles. The van der Waals surface area contributed by atoms with Crippen LogP contribution in [0, 0.1) is 0 Å². The number of benzene rings is 1. The van der Waals surface area contributed by atoms with Crippen molar-refractivity contribution in [3.05, 3.63) is 53.3 Å². The summed E-state index contributed by atoms with van der Waals surface area (Å²) in [6.45, 7) is 4.64. The van der Waals surface area contributed by atoms with E-state index in [4.69, 9.17) is 5.73 Å². The number of aromatic nitrogens is 2. The summed E-state index contributed by atoms with van der Waals surface area (Å²) in [5.74, 6) is 0. The molecule has 1 heterocycles. The zero-order valence-electron chi connectivity index (χ0n) is 12.9. The third kappa shape index (κ3) is 4.16. The van der Waals surface area contributed by atoms with E-state index in [2.05, 4.69) is 25.0 Å². The van der Waals surface area contributed by atoms with Crippen molar-refractivity contribution in [3.63, 3.8) is 0 Å². The number of hydrogen-bond acceptors (Lipinski definition) is 3. The molecule has 0 amide bonds. The first-order chi connectivity index (χ1) is 10.1. The Hall–Kier alpha value is -1.65. The molecule has 2 rings (SSSR count). The van der Waals surface area contributed by atoms with Crippen LogP contribution in [0.15, 0.2) is 36.4 Å². The van der Waals surface area contributed by atoms with Gasteiger partial charge in [0.2, 0.25) is 0 Å². The van der Waals surface area contributed by atoms with Crippen molar-refractivity contribution in [1.29, 1.82) is 0 Å². The first kappa shape index (κ1) is 15.7. The molecule has 0 spiro atoms. The van der Waals surface area contributed by atoms with Crippen molar-refractivity contribution in [2.24, 2.45) is 5.73 Å². The number of hydrogen-bond donors (Lipinski definition) is 2. The van der Waals surface area contributed by atoms with Gasteiger partial charge in [0, 0.05) is 11.7 Å². The van der Waals surface area contributed by atoms with Crippen LogP contribution >= 0.6 is 0 Å². The second-order valence-corrected chi connectivity index (χ2v) is 5.44. The van der Waals surface area contributed by atoms with Crippen LogP contribution in [-0.4, -0.2) is 27.0 Å². The Balaban J connectivity index is 2.00. The van der Waals surface area contributed by atoms with Crippen molar-refractivity contribution in [2.45, 2.75) is 51.8 Å². The molecular weight excluding hydrogens is 262 g/mol. The fourth-order valence-electron chi connectivity index (χ4n) is 2.47. The first-order valence-electron chi connectivity index (χ1n) is 7.67. The second kappa shape index (κ2) is 7.38. The number of nitrogens with zero attached hydrogens (tertiary/aromatic N) is 2. The Morgan fingerprint density at radius 2 is 1.90 bits per heavy atom. The van der Waals surface area contributed by atoms with Gasteiger partial charge < -0.3 is 10.8 Å². The highest BCUT2D eigenvalue weighted by Gasteiger charge is 2.18. The van der Waals surface area contributed by atoms with E-state index in [0.29, 0.717) is 13.0 Å². The van der Waals surface area contributed by atoms with Gasteiger partial charge in [0.25, 0.3) is 0 Å². The van der Waals surface area contributed by atoms with Crippen LogP contribution in [-0.2, 0) is 25.8 Å². The SMILES string of the molecule is CCc1cc(CC)n(CC(O)C(N)Cc2ccccc2)n1. The molecule has 0 radical (unpaired) electrons. The van der Waals surface area contributed by atoms with Gasteiger partial charge in [-0.25, -0.2) is 0 Å². The van der Waals surface area contributed by atoms with Crippen molar-refractivity contribution in [1.82, 2.24) is 9.78 Å². The van der Waals surface area contributed by atoms with Crippen LogP contribution in [0.1, 0.15) is 30.8 Å². The van der Waals surface area contributed by atoms with Crippen molar-refractivity contribution < 1.29 is 5.11 Å². The Morgan fingerprint density at radius 1 is 1.19 bits per heavy atom. The number of nitrogens with two attached hydrogens (primary N) is 1. The minimum absolute atomic E-state index is 0.286. The van der Waals surface area contributed by atoms with Crippen LogP contribution in [0.2, 0.25) is 0 Å². The number of aliphatic hydroxyl groups is 1. The molecule has 21 heavy (non-hydrogen) atoms. The van der Waals surface area contributed by atoms with Gasteiger partial charge in [-0.1, -0.05) is 44.2 Å². The van der Waals surface area contributed by atoms with Gasteiger partial charge in [-0.05, 0) is 30.9 Å². The maximum atomic E-state index is 10.3. The summed E-state index contributed by atoms with van der Waals surface area (Å²) < 4.78 is 1.90. The third-order valence-electron chi connectivity index (χ3n) is 3.81. The molecule has 2 aromatic rings. The summed E-state index contributed by atoms with van der Waals surface area (Å²) in [5.41, 5.74) is 9.50. The molecule has 0 aliphatic rings. The fourth-order valence-corrected chi connectivity index (χ4v) is 2.47. The molecule has 1 aromatic carbocycles. The summed E-state index contributed by atoms with van der Waals surface area (Å²) in [6.07, 6.45) is 1.89. The van der Waals surface area contributed by atoms with Crippen LogP contribution in [0.5, 0.6) is 0 Å². The quantitative estimate of drug-likeness (QED) is 0.818. The average molecular weight is 287 g/mol. The number of aliphatic hydroxyl groups excluding tert-OH is 1. The van der Waals surface area contributed by atoms with E-state index in [1.807, 2.05) is 35.0 Å². The molecule has 2 atom stereocenters. The molecule has 0 saturated heterocycles. The van der Waals surface area contributed by atoms with Gasteiger partial charge in [0.05, 0.1) is 18.3 Å². The van der Waals surface area contributed by atoms with Crippen molar-refractivity contribution >= 4 is 0 Å². The Bertz CT molecular complexity index is 550. The highest BCUT2D eigenvalue weighted by atomic mass is 16.3. The molecule has 1 aromatic heterocycles. The number of aryl methyl sites for hydroxylation is 2. The third-order valence-corrected chi connectivity index (χ3v) is 3.81. The van der Waals surface area contributed by atoms with Gasteiger partial charge in [0.15, 0.2) is 0 Å². The lowest BCUT2D eigenvalue weighted by Gasteiger charge is -2.20. The molecule has 0 saturated carbocycles. The lowest BCUT2D eigenvalue weighted by atomic mass is 10.0. The van der Waals surface area contributed by atoms with E-state index < -0.39 is 6.10 Å². The van der Waals surface area contributed by atoms with Crippen LogP contribution in [0.3, 0.4) is 0 Å². The Labute approximate surface area is 126 Å². The average Bonchev–Trinajstić information content (AvgIpc) is 2.90. The summed E-state index contributed by atoms with van der Waals surface area (Å²) in [7, 11) is 0. The van der Waals surface area contributed by atoms with Crippen molar-refractivity contribution in [2.75, 3.05) is 0 Å². The summed E-state index contributed by atoms with van der Waals surface area (Å²) >= 11 is 0. The largest absolute Gasteiger partial charge is 0.390 e. The summed E-state index contributed by atoms with van der Waals surface area (Å²) in [4.78, 5) is 0. The van der Waals surface area contributed by atoms with E-state index in [1.165, 1.54) is 0 Å². The monoisotopic (exact) mass is 287 g/mol. The van der Waals surface area contributed by atoms with Gasteiger partial charge in [-0.15, -0.1) is 0 Å². The lowest BCUT2D eigenvalue weighted by Crippen LogP contribution is -2.39. The molecule has 3 N–H and O–H groups in total. The van der Waals surface area contributed by atoms with E-state index in [9.17, 15) is 5.11 Å². The van der Waals surface area contributed by atoms with Gasteiger partial charge in [0.1, 0.15) is 0 Å². The molecule has 0 aliphatic carbocycles. The fraction of sp³-hybridized carbons (Fsp3) is 0.471. The molecule has 0 bridgehead atoms. The highest BCUT2D eigenvalue weighted by molar-refractivity contribution is 5.16. The minimum atomic E-state index is -0.597. The van der Waals surface area contributed by atoms with Crippen LogP contribution in [0.4, 0.5) is 0 Å². The Kier molecular flexibility index (Phi) is 5.53. The first-order valence-corrected chi connectivity index (χ1v) is 7.67. The molecule has 0 fully saturated rings. The zero-order chi connectivity index (χ0) is 15.2. The molecular formula is C17H25N3O. The van der Waals surface area contributed by atoms with Crippen molar-refractivity contribution in [3.8, 4) is 0 Å². The number of rotatable bonds is 7.